The molecule has 0 aliphatic heterocycles. The molecule has 0 heterocycles. The largest absolute Gasteiger partial charge is 0.480 e. The molecular formula is C15H25N3O11. The van der Waals surface area contributed by atoms with E-state index in [0.29, 0.717) is 0 Å². The van der Waals surface area contributed by atoms with Gasteiger partial charge in [-0.3, -0.25) is 38.7 Å². The molecule has 0 spiro atoms. The van der Waals surface area contributed by atoms with Crippen LogP contribution in [0.15, 0.2) is 0 Å². The van der Waals surface area contributed by atoms with E-state index in [0.717, 1.165) is 9.80 Å². The summed E-state index contributed by atoms with van der Waals surface area (Å²) in [5.41, 5.74) is 0. The molecule has 14 nitrogen and oxygen atoms in total. The highest BCUT2D eigenvalue weighted by Gasteiger charge is 2.19. The summed E-state index contributed by atoms with van der Waals surface area (Å²) in [4.78, 5) is 65.6. The van der Waals surface area contributed by atoms with Crippen molar-refractivity contribution in [2.24, 2.45) is 0 Å². The Morgan fingerprint density at radius 2 is 0.621 bits per heavy atom. The van der Waals surface area contributed by atoms with Crippen molar-refractivity contribution in [2.45, 2.75) is 0 Å². The molecule has 0 atom stereocenters. The fourth-order valence-corrected chi connectivity index (χ4v) is 2.22. The summed E-state index contributed by atoms with van der Waals surface area (Å²) >= 11 is 0. The van der Waals surface area contributed by atoms with Crippen molar-refractivity contribution in [3.63, 3.8) is 0 Å². The first-order chi connectivity index (χ1) is 13.5. The van der Waals surface area contributed by atoms with Gasteiger partial charge in [0.25, 0.3) is 0 Å². The quantitative estimate of drug-likeness (QED) is 0.169. The normalized spacial score (nSPS) is 10.4. The van der Waals surface area contributed by atoms with Gasteiger partial charge in [0, 0.05) is 26.2 Å². The lowest BCUT2D eigenvalue weighted by atomic mass is 10.3. The van der Waals surface area contributed by atoms with E-state index in [1.807, 2.05) is 6.79 Å². The Labute approximate surface area is 165 Å². The zero-order valence-electron chi connectivity index (χ0n) is 15.6. The van der Waals surface area contributed by atoms with E-state index >= 15 is 0 Å². The Kier molecular flexibility index (Phi) is 15.4. The Morgan fingerprint density at radius 1 is 0.448 bits per heavy atom. The number of aliphatic carboxylic acids is 5. The minimum Gasteiger partial charge on any atom is -0.480 e. The van der Waals surface area contributed by atoms with Crippen LogP contribution >= 0.6 is 0 Å². The molecular weight excluding hydrogens is 398 g/mol. The molecule has 0 aliphatic rings. The van der Waals surface area contributed by atoms with Gasteiger partial charge >= 0.3 is 29.8 Å². The van der Waals surface area contributed by atoms with Gasteiger partial charge in [0.15, 0.2) is 0 Å². The number of hydrogen-bond acceptors (Lipinski definition) is 9. The van der Waals surface area contributed by atoms with E-state index in [1.165, 1.54) is 4.90 Å². The highest BCUT2D eigenvalue weighted by molar-refractivity contribution is 5.73. The van der Waals surface area contributed by atoms with Crippen LogP contribution in [0.2, 0.25) is 0 Å². The number of hydrogen-bond donors (Lipinski definition) is 5. The lowest BCUT2D eigenvalue weighted by molar-refractivity contribution is -0.143. The molecule has 0 unspecified atom stereocenters. The maximum Gasteiger partial charge on any atom is 0.317 e. The van der Waals surface area contributed by atoms with Gasteiger partial charge < -0.3 is 30.3 Å². The van der Waals surface area contributed by atoms with Crippen LogP contribution in [0.5, 0.6) is 0 Å². The molecule has 5 N–H and O–H groups in total. The van der Waals surface area contributed by atoms with Gasteiger partial charge in [-0.1, -0.05) is 0 Å². The maximum absolute atomic E-state index is 11.0. The van der Waals surface area contributed by atoms with E-state index in [9.17, 15) is 24.0 Å². The summed E-state index contributed by atoms with van der Waals surface area (Å²) in [5, 5.41) is 44.1. The molecule has 0 amide bonds. The van der Waals surface area contributed by atoms with Crippen LogP contribution < -0.4 is 0 Å². The van der Waals surface area contributed by atoms with Crippen molar-refractivity contribution in [1.29, 1.82) is 0 Å². The van der Waals surface area contributed by atoms with Crippen LogP contribution in [0.4, 0.5) is 0 Å². The zero-order valence-corrected chi connectivity index (χ0v) is 15.6. The van der Waals surface area contributed by atoms with Crippen LogP contribution in [-0.4, -0.2) is 136 Å². The minimum atomic E-state index is -1.24. The molecule has 0 aromatic rings. The van der Waals surface area contributed by atoms with Crippen molar-refractivity contribution in [2.75, 3.05) is 58.9 Å². The lowest BCUT2D eigenvalue weighted by Gasteiger charge is -2.27. The van der Waals surface area contributed by atoms with Crippen LogP contribution in [0, 0.1) is 0 Å². The fourth-order valence-electron chi connectivity index (χ4n) is 2.22. The van der Waals surface area contributed by atoms with Gasteiger partial charge in [-0.05, 0) is 0 Å². The standard InChI is InChI=1S/C14H23N3O10.CH2O/c18-10(19)5-15(1-3-16(6-11(20)21)7-12(22)23)2-4-17(8-13(24)25)9-14(26)27;1-2/h1-9H2,(H,18,19)(H,20,21)(H,22,23)(H,24,25)(H,26,27);1H2. The number of carbonyl (C=O) groups is 6. The molecule has 0 fully saturated rings. The predicted octanol–water partition coefficient (Wildman–Crippen LogP) is -2.87. The summed E-state index contributed by atoms with van der Waals surface area (Å²) in [7, 11) is 0. The van der Waals surface area contributed by atoms with E-state index in [4.69, 9.17) is 30.3 Å². The lowest BCUT2D eigenvalue weighted by Crippen LogP contribution is -2.45. The van der Waals surface area contributed by atoms with Gasteiger partial charge in [-0.25, -0.2) is 0 Å². The third-order valence-corrected chi connectivity index (χ3v) is 3.26. The summed E-state index contributed by atoms with van der Waals surface area (Å²) in [6, 6.07) is 0. The van der Waals surface area contributed by atoms with Gasteiger partial charge in [-0.15, -0.1) is 0 Å². The van der Waals surface area contributed by atoms with Crippen molar-refractivity contribution < 1.29 is 54.3 Å². The van der Waals surface area contributed by atoms with Crippen LogP contribution in [0.25, 0.3) is 0 Å². The fraction of sp³-hybridized carbons (Fsp3) is 0.600. The molecule has 0 bridgehead atoms. The van der Waals surface area contributed by atoms with Gasteiger partial charge in [0.2, 0.25) is 0 Å². The Balaban J connectivity index is 0. The van der Waals surface area contributed by atoms with E-state index in [-0.39, 0.29) is 26.2 Å². The second-order valence-corrected chi connectivity index (χ2v) is 5.67. The molecule has 14 heteroatoms. The molecule has 0 aromatic heterocycles. The SMILES string of the molecule is C=O.O=C(O)CN(CCN(CC(=O)O)CC(=O)O)CCN(CC(=O)O)CC(=O)O. The summed E-state index contributed by atoms with van der Waals surface area (Å²) < 4.78 is 0. The highest BCUT2D eigenvalue weighted by atomic mass is 16.4. The molecule has 29 heavy (non-hydrogen) atoms. The second-order valence-electron chi connectivity index (χ2n) is 5.67. The average molecular weight is 423 g/mol. The molecule has 0 rings (SSSR count). The maximum atomic E-state index is 11.0. The Hall–Kier alpha value is -3.10. The van der Waals surface area contributed by atoms with Crippen molar-refractivity contribution >= 4 is 36.6 Å². The predicted molar refractivity (Wildman–Crippen MR) is 94.6 cm³/mol. The summed E-state index contributed by atoms with van der Waals surface area (Å²) in [6.07, 6.45) is 0. The summed E-state index contributed by atoms with van der Waals surface area (Å²) in [5.74, 6) is -6.16. The van der Waals surface area contributed by atoms with E-state index in [2.05, 4.69) is 0 Å². The first kappa shape index (κ1) is 28.1. The van der Waals surface area contributed by atoms with E-state index < -0.39 is 62.6 Å². The van der Waals surface area contributed by atoms with Crippen LogP contribution in [-0.2, 0) is 28.8 Å². The zero-order chi connectivity index (χ0) is 23.0. The van der Waals surface area contributed by atoms with Gasteiger partial charge in [-0.2, -0.15) is 0 Å². The molecule has 0 radical (unpaired) electrons. The second kappa shape index (κ2) is 15.9. The monoisotopic (exact) mass is 423 g/mol. The molecule has 0 saturated carbocycles. The number of carboxylic acid groups (broad SMARTS) is 5. The van der Waals surface area contributed by atoms with Crippen molar-refractivity contribution in [3.05, 3.63) is 0 Å². The third-order valence-electron chi connectivity index (χ3n) is 3.26. The minimum absolute atomic E-state index is 0.000836. The van der Waals surface area contributed by atoms with Gasteiger partial charge in [0.05, 0.1) is 32.7 Å². The Bertz CT molecular complexity index is 498. The first-order valence-corrected chi connectivity index (χ1v) is 8.04. The third kappa shape index (κ3) is 18.0. The first-order valence-electron chi connectivity index (χ1n) is 8.04. The van der Waals surface area contributed by atoms with Gasteiger partial charge in [0.1, 0.15) is 6.79 Å². The smallest absolute Gasteiger partial charge is 0.317 e. The number of nitrogens with zero attached hydrogens (tertiary/aromatic N) is 3. The molecule has 0 saturated heterocycles. The topological polar surface area (TPSA) is 213 Å². The number of carboxylic acids is 5. The molecule has 0 aliphatic carbocycles. The highest BCUT2D eigenvalue weighted by Crippen LogP contribution is 1.97. The average Bonchev–Trinajstić information content (AvgIpc) is 2.56. The molecule has 0 aromatic carbocycles. The van der Waals surface area contributed by atoms with E-state index in [1.54, 1.807) is 0 Å². The van der Waals surface area contributed by atoms with Crippen molar-refractivity contribution in [1.82, 2.24) is 14.7 Å². The van der Waals surface area contributed by atoms with Crippen molar-refractivity contribution in [3.8, 4) is 0 Å². The van der Waals surface area contributed by atoms with Crippen LogP contribution in [0.1, 0.15) is 0 Å². The summed E-state index contributed by atoms with van der Waals surface area (Å²) in [6.45, 7) is -0.736. The number of rotatable bonds is 16. The van der Waals surface area contributed by atoms with Crippen LogP contribution in [0.3, 0.4) is 0 Å². The molecule has 166 valence electrons. The Morgan fingerprint density at radius 3 is 0.828 bits per heavy atom. The number of carbonyl (C=O) groups excluding carboxylic acids is 1.